The van der Waals surface area contributed by atoms with Crippen molar-refractivity contribution >= 4 is 11.5 Å². The summed E-state index contributed by atoms with van der Waals surface area (Å²) in [6, 6.07) is 4.52. The molecule has 0 spiro atoms. The SMILES string of the molecule is COc1c(N)ncnc1Oc1cc(C)ccc1[N+](=O)[O-]. The van der Waals surface area contributed by atoms with Gasteiger partial charge in [0.25, 0.3) is 5.88 Å². The van der Waals surface area contributed by atoms with Gasteiger partial charge in [-0.25, -0.2) is 4.98 Å². The van der Waals surface area contributed by atoms with Crippen LogP contribution in [-0.4, -0.2) is 22.0 Å². The average Bonchev–Trinajstić information content (AvgIpc) is 2.38. The van der Waals surface area contributed by atoms with Gasteiger partial charge in [-0.1, -0.05) is 6.07 Å². The third kappa shape index (κ3) is 2.58. The monoisotopic (exact) mass is 276 g/mol. The standard InChI is InChI=1S/C12H12N4O4/c1-7-3-4-8(16(17)18)9(5-7)20-12-10(19-2)11(13)14-6-15-12/h3-6H,1-2H3,(H2,13,14,15). The minimum atomic E-state index is -0.536. The Balaban J connectivity index is 2.47. The zero-order chi connectivity index (χ0) is 14.7. The van der Waals surface area contributed by atoms with E-state index in [4.69, 9.17) is 15.2 Å². The first kappa shape index (κ1) is 13.5. The Hall–Kier alpha value is -2.90. The van der Waals surface area contributed by atoms with Crippen molar-refractivity contribution in [1.82, 2.24) is 9.97 Å². The molecule has 0 aliphatic carbocycles. The van der Waals surface area contributed by atoms with Gasteiger partial charge >= 0.3 is 5.69 Å². The maximum atomic E-state index is 11.0. The molecule has 0 atom stereocenters. The van der Waals surface area contributed by atoms with Gasteiger partial charge in [-0.3, -0.25) is 10.1 Å². The predicted molar refractivity (Wildman–Crippen MR) is 70.9 cm³/mol. The highest BCUT2D eigenvalue weighted by Crippen LogP contribution is 2.36. The number of hydrogen-bond acceptors (Lipinski definition) is 7. The van der Waals surface area contributed by atoms with Gasteiger partial charge in [0, 0.05) is 6.07 Å². The topological polar surface area (TPSA) is 113 Å². The maximum Gasteiger partial charge on any atom is 0.311 e. The zero-order valence-electron chi connectivity index (χ0n) is 10.9. The van der Waals surface area contributed by atoms with Crippen molar-refractivity contribution in [3.63, 3.8) is 0 Å². The largest absolute Gasteiger partial charge is 0.489 e. The number of aryl methyl sites for hydroxylation is 1. The van der Waals surface area contributed by atoms with Crippen LogP contribution in [0, 0.1) is 17.0 Å². The first-order chi connectivity index (χ1) is 9.52. The van der Waals surface area contributed by atoms with Crippen LogP contribution in [0.25, 0.3) is 0 Å². The number of nitrogens with two attached hydrogens (primary N) is 1. The molecular weight excluding hydrogens is 264 g/mol. The lowest BCUT2D eigenvalue weighted by molar-refractivity contribution is -0.385. The highest BCUT2D eigenvalue weighted by atomic mass is 16.6. The molecule has 8 nitrogen and oxygen atoms in total. The number of nitrogens with zero attached hydrogens (tertiary/aromatic N) is 3. The van der Waals surface area contributed by atoms with E-state index in [0.717, 1.165) is 5.56 Å². The fourth-order valence-electron chi connectivity index (χ4n) is 1.59. The van der Waals surface area contributed by atoms with Crippen LogP contribution in [0.1, 0.15) is 5.56 Å². The molecule has 0 fully saturated rings. The van der Waals surface area contributed by atoms with Gasteiger partial charge in [0.15, 0.2) is 5.82 Å². The first-order valence-corrected chi connectivity index (χ1v) is 5.60. The number of benzene rings is 1. The van der Waals surface area contributed by atoms with Gasteiger partial charge in [-0.2, -0.15) is 4.98 Å². The molecule has 1 aromatic heterocycles. The summed E-state index contributed by atoms with van der Waals surface area (Å²) in [5.74, 6) is 0.302. The molecule has 0 amide bonds. The Kier molecular flexibility index (Phi) is 3.65. The summed E-state index contributed by atoms with van der Waals surface area (Å²) in [7, 11) is 1.38. The summed E-state index contributed by atoms with van der Waals surface area (Å²) in [6.07, 6.45) is 1.19. The molecule has 0 aliphatic heterocycles. The summed E-state index contributed by atoms with van der Waals surface area (Å²) >= 11 is 0. The lowest BCUT2D eigenvalue weighted by atomic mass is 10.2. The van der Waals surface area contributed by atoms with E-state index in [1.807, 2.05) is 0 Å². The number of methoxy groups -OCH3 is 1. The van der Waals surface area contributed by atoms with E-state index in [1.165, 1.54) is 25.6 Å². The summed E-state index contributed by atoms with van der Waals surface area (Å²) in [6.45, 7) is 1.79. The second-order valence-electron chi connectivity index (χ2n) is 3.93. The van der Waals surface area contributed by atoms with Crippen LogP contribution in [0.4, 0.5) is 11.5 Å². The molecule has 0 bridgehead atoms. The Morgan fingerprint density at radius 1 is 1.35 bits per heavy atom. The number of rotatable bonds is 4. The number of nitro groups is 1. The van der Waals surface area contributed by atoms with Crippen molar-refractivity contribution in [3.8, 4) is 17.4 Å². The lowest BCUT2D eigenvalue weighted by Crippen LogP contribution is -2.01. The normalized spacial score (nSPS) is 10.1. The third-order valence-corrected chi connectivity index (χ3v) is 2.52. The minimum Gasteiger partial charge on any atom is -0.489 e. The molecule has 2 N–H and O–H groups in total. The highest BCUT2D eigenvalue weighted by Gasteiger charge is 2.19. The summed E-state index contributed by atoms with van der Waals surface area (Å²) < 4.78 is 10.5. The van der Waals surface area contributed by atoms with E-state index in [0.29, 0.717) is 0 Å². The van der Waals surface area contributed by atoms with Crippen molar-refractivity contribution in [2.24, 2.45) is 0 Å². The Labute approximate surface area is 114 Å². The van der Waals surface area contributed by atoms with Crippen LogP contribution in [0.3, 0.4) is 0 Å². The molecule has 0 saturated heterocycles. The van der Waals surface area contributed by atoms with Crippen LogP contribution in [0.5, 0.6) is 17.4 Å². The fraction of sp³-hybridized carbons (Fsp3) is 0.167. The number of anilines is 1. The maximum absolute atomic E-state index is 11.0. The number of nitrogen functional groups attached to an aromatic ring is 1. The van der Waals surface area contributed by atoms with E-state index in [-0.39, 0.29) is 28.9 Å². The number of aromatic nitrogens is 2. The predicted octanol–water partition coefficient (Wildman–Crippen LogP) is 2.08. The molecule has 1 aromatic carbocycles. The molecule has 0 aliphatic rings. The molecule has 2 aromatic rings. The summed E-state index contributed by atoms with van der Waals surface area (Å²) in [5, 5.41) is 11.0. The molecule has 0 radical (unpaired) electrons. The molecule has 104 valence electrons. The van der Waals surface area contributed by atoms with Crippen LogP contribution < -0.4 is 15.2 Å². The van der Waals surface area contributed by atoms with Crippen LogP contribution in [0.15, 0.2) is 24.5 Å². The van der Waals surface area contributed by atoms with E-state index in [9.17, 15) is 10.1 Å². The number of ether oxygens (including phenoxy) is 2. The van der Waals surface area contributed by atoms with Crippen LogP contribution >= 0.6 is 0 Å². The quantitative estimate of drug-likeness (QED) is 0.671. The molecule has 8 heteroatoms. The molecule has 0 saturated carbocycles. The second kappa shape index (κ2) is 5.39. The summed E-state index contributed by atoms with van der Waals surface area (Å²) in [5.41, 5.74) is 6.26. The third-order valence-electron chi connectivity index (χ3n) is 2.52. The Morgan fingerprint density at radius 3 is 2.75 bits per heavy atom. The smallest absolute Gasteiger partial charge is 0.311 e. The Morgan fingerprint density at radius 2 is 2.10 bits per heavy atom. The molecule has 2 rings (SSSR count). The van der Waals surface area contributed by atoms with Crippen LogP contribution in [0.2, 0.25) is 0 Å². The zero-order valence-corrected chi connectivity index (χ0v) is 10.9. The van der Waals surface area contributed by atoms with Gasteiger partial charge in [0.2, 0.25) is 11.5 Å². The van der Waals surface area contributed by atoms with Crippen molar-refractivity contribution in [1.29, 1.82) is 0 Å². The van der Waals surface area contributed by atoms with E-state index >= 15 is 0 Å². The summed E-state index contributed by atoms with van der Waals surface area (Å²) in [4.78, 5) is 18.1. The van der Waals surface area contributed by atoms with Crippen molar-refractivity contribution in [2.75, 3.05) is 12.8 Å². The second-order valence-corrected chi connectivity index (χ2v) is 3.93. The number of nitro benzene ring substituents is 1. The van der Waals surface area contributed by atoms with Crippen molar-refractivity contribution in [2.45, 2.75) is 6.92 Å². The van der Waals surface area contributed by atoms with Gasteiger partial charge < -0.3 is 15.2 Å². The van der Waals surface area contributed by atoms with Crippen molar-refractivity contribution < 1.29 is 14.4 Å². The van der Waals surface area contributed by atoms with Gasteiger partial charge in [-0.05, 0) is 18.6 Å². The van der Waals surface area contributed by atoms with Gasteiger partial charge in [0.05, 0.1) is 12.0 Å². The van der Waals surface area contributed by atoms with E-state index in [1.54, 1.807) is 13.0 Å². The van der Waals surface area contributed by atoms with Gasteiger partial charge in [-0.15, -0.1) is 0 Å². The van der Waals surface area contributed by atoms with Crippen molar-refractivity contribution in [3.05, 3.63) is 40.2 Å². The minimum absolute atomic E-state index is 0.0219. The Bertz CT molecular complexity index is 660. The molecular formula is C12H12N4O4. The lowest BCUT2D eigenvalue weighted by Gasteiger charge is -2.10. The molecule has 20 heavy (non-hydrogen) atoms. The van der Waals surface area contributed by atoms with E-state index in [2.05, 4.69) is 9.97 Å². The van der Waals surface area contributed by atoms with E-state index < -0.39 is 4.92 Å². The first-order valence-electron chi connectivity index (χ1n) is 5.60. The molecule has 1 heterocycles. The van der Waals surface area contributed by atoms with Crippen LogP contribution in [-0.2, 0) is 0 Å². The average molecular weight is 276 g/mol. The number of hydrogen-bond donors (Lipinski definition) is 1. The fourth-order valence-corrected chi connectivity index (χ4v) is 1.59. The van der Waals surface area contributed by atoms with Gasteiger partial charge in [0.1, 0.15) is 6.33 Å². The highest BCUT2D eigenvalue weighted by molar-refractivity contribution is 5.55. The molecule has 0 unspecified atom stereocenters.